The topological polar surface area (TPSA) is 24.9 Å². The summed E-state index contributed by atoms with van der Waals surface area (Å²) in [6.07, 6.45) is 5.27. The maximum Gasteiger partial charge on any atom is 0.161 e. The number of benzene rings is 3. The minimum absolute atomic E-state index is 0.428. The number of rotatable bonds is 4. The first-order valence-electron chi connectivity index (χ1n) is 15.6. The van der Waals surface area contributed by atoms with E-state index in [0.29, 0.717) is 18.8 Å². The zero-order valence-electron chi connectivity index (χ0n) is 24.9. The Morgan fingerprint density at radius 1 is 0.605 bits per heavy atom. The van der Waals surface area contributed by atoms with Gasteiger partial charge in [-0.05, 0) is 67.5 Å². The molecule has 0 bridgehead atoms. The van der Waals surface area contributed by atoms with Gasteiger partial charge in [-0.2, -0.15) is 0 Å². The summed E-state index contributed by atoms with van der Waals surface area (Å²) in [7, 11) is 0. The molecular weight excluding hydrogens is 528 g/mol. The Morgan fingerprint density at radius 3 is 1.81 bits per heavy atom. The maximum absolute atomic E-state index is 6.28. The highest BCUT2D eigenvalue weighted by atomic mass is 16.5. The van der Waals surface area contributed by atoms with E-state index in [1.165, 1.54) is 41.8 Å². The number of ether oxygens (including phenoxy) is 2. The van der Waals surface area contributed by atoms with Crippen LogP contribution in [-0.4, -0.2) is 26.1 Å². The molecule has 0 aromatic heterocycles. The molecule has 4 heteroatoms. The Bertz CT molecular complexity index is 1390. The zero-order valence-corrected chi connectivity index (χ0v) is 24.9. The van der Waals surface area contributed by atoms with Crippen LogP contribution in [0.1, 0.15) is 30.4 Å². The van der Waals surface area contributed by atoms with E-state index in [1.54, 1.807) is 0 Å². The molecule has 0 amide bonds. The molecule has 2 fully saturated rings. The second-order valence-electron chi connectivity index (χ2n) is 11.7. The van der Waals surface area contributed by atoms with Crippen LogP contribution in [0.2, 0.25) is 0 Å². The lowest BCUT2D eigenvalue weighted by Gasteiger charge is -2.44. The summed E-state index contributed by atoms with van der Waals surface area (Å²) in [6, 6.07) is 48.1. The first-order chi connectivity index (χ1) is 21.3. The summed E-state index contributed by atoms with van der Waals surface area (Å²) in [6.45, 7) is 3.34. The molecule has 220 valence electrons. The standard InChI is InChI=1S/C29H32N2O2.C10H10/c1-3-7-26(8-4-1)30-18-24-16-22(11-13-28(24)32-20-30)15-23-12-14-29-25(17-23)19-31(21-33-29)27-9-5-2-6-10-27;1-2-4-6-8-10-9-7-5-3-1/h1-11,13,16,23,25,29H,12,14-15,17-21H2;1-10H. The number of nitrogens with zero attached hydrogens (tertiary/aromatic N) is 2. The summed E-state index contributed by atoms with van der Waals surface area (Å²) in [4.78, 5) is 4.70. The van der Waals surface area contributed by atoms with Gasteiger partial charge in [0.15, 0.2) is 6.73 Å². The number of hydrogen-bond acceptors (Lipinski definition) is 4. The van der Waals surface area contributed by atoms with E-state index in [-0.39, 0.29) is 0 Å². The van der Waals surface area contributed by atoms with Crippen LogP contribution in [0, 0.1) is 11.8 Å². The van der Waals surface area contributed by atoms with Gasteiger partial charge in [-0.15, -0.1) is 0 Å². The van der Waals surface area contributed by atoms with Gasteiger partial charge in [0.1, 0.15) is 12.5 Å². The van der Waals surface area contributed by atoms with E-state index in [0.717, 1.165) is 37.9 Å². The highest BCUT2D eigenvalue weighted by molar-refractivity contribution is 5.50. The molecule has 4 aromatic carbocycles. The van der Waals surface area contributed by atoms with Crippen molar-refractivity contribution in [3.05, 3.63) is 151 Å². The van der Waals surface area contributed by atoms with Crippen LogP contribution >= 0.6 is 0 Å². The van der Waals surface area contributed by atoms with Gasteiger partial charge >= 0.3 is 0 Å². The predicted molar refractivity (Wildman–Crippen MR) is 177 cm³/mol. The van der Waals surface area contributed by atoms with E-state index >= 15 is 0 Å². The van der Waals surface area contributed by atoms with Crippen molar-refractivity contribution in [2.75, 3.05) is 29.8 Å². The lowest BCUT2D eigenvalue weighted by Crippen LogP contribution is -2.47. The number of hydrogen-bond donors (Lipinski definition) is 0. The molecule has 3 atom stereocenters. The third-order valence-corrected chi connectivity index (χ3v) is 8.66. The summed E-state index contributed by atoms with van der Waals surface area (Å²) in [5.74, 6) is 2.37. The van der Waals surface area contributed by atoms with Crippen molar-refractivity contribution in [3.8, 4) is 5.75 Å². The lowest BCUT2D eigenvalue weighted by molar-refractivity contribution is -0.0468. The Labute approximate surface area is 256 Å². The van der Waals surface area contributed by atoms with Crippen LogP contribution in [0.4, 0.5) is 11.4 Å². The first-order valence-corrected chi connectivity index (χ1v) is 15.6. The fourth-order valence-electron chi connectivity index (χ4n) is 6.47. The van der Waals surface area contributed by atoms with Crippen molar-refractivity contribution in [2.45, 2.75) is 38.3 Å². The quantitative estimate of drug-likeness (QED) is 0.245. The van der Waals surface area contributed by atoms with Gasteiger partial charge < -0.3 is 19.3 Å². The normalized spacial score (nSPS) is 20.7. The second kappa shape index (κ2) is 14.8. The second-order valence-corrected chi connectivity index (χ2v) is 11.7. The summed E-state index contributed by atoms with van der Waals surface area (Å²) < 4.78 is 12.3. The molecule has 4 aromatic rings. The van der Waals surface area contributed by atoms with Gasteiger partial charge in [-0.1, -0.05) is 109 Å². The van der Waals surface area contributed by atoms with Crippen LogP contribution < -0.4 is 14.5 Å². The molecule has 0 radical (unpaired) electrons. The van der Waals surface area contributed by atoms with E-state index in [4.69, 9.17) is 9.47 Å². The van der Waals surface area contributed by atoms with Crippen molar-refractivity contribution < 1.29 is 9.47 Å². The average Bonchev–Trinajstić information content (AvgIpc) is 3.08. The third-order valence-electron chi connectivity index (χ3n) is 8.66. The summed E-state index contributed by atoms with van der Waals surface area (Å²) in [5.41, 5.74) is 5.22. The molecule has 3 aliphatic rings. The molecule has 1 aliphatic carbocycles. The third kappa shape index (κ3) is 7.97. The van der Waals surface area contributed by atoms with Crippen molar-refractivity contribution >= 4 is 11.4 Å². The molecule has 0 N–H and O–H groups in total. The van der Waals surface area contributed by atoms with E-state index in [2.05, 4.69) is 88.7 Å². The molecule has 1 saturated heterocycles. The monoisotopic (exact) mass is 570 g/mol. The van der Waals surface area contributed by atoms with Gasteiger partial charge in [-0.25, -0.2) is 0 Å². The molecule has 0 spiro atoms. The Morgan fingerprint density at radius 2 is 1.19 bits per heavy atom. The Kier molecular flexibility index (Phi) is 9.89. The number of para-hydroxylation sites is 2. The summed E-state index contributed by atoms with van der Waals surface area (Å²) in [5, 5.41) is 0. The van der Waals surface area contributed by atoms with E-state index < -0.39 is 0 Å². The van der Waals surface area contributed by atoms with E-state index in [1.807, 2.05) is 60.7 Å². The smallest absolute Gasteiger partial charge is 0.161 e. The average molecular weight is 571 g/mol. The molecular formula is C39H42N2O2. The van der Waals surface area contributed by atoms with Crippen LogP contribution in [0.25, 0.3) is 0 Å². The molecule has 2 aliphatic heterocycles. The van der Waals surface area contributed by atoms with Crippen molar-refractivity contribution in [1.82, 2.24) is 0 Å². The van der Waals surface area contributed by atoms with Gasteiger partial charge in [0.25, 0.3) is 0 Å². The van der Waals surface area contributed by atoms with Crippen LogP contribution in [-0.2, 0) is 17.7 Å². The van der Waals surface area contributed by atoms with E-state index in [9.17, 15) is 0 Å². The van der Waals surface area contributed by atoms with Crippen molar-refractivity contribution in [2.24, 2.45) is 11.8 Å². The van der Waals surface area contributed by atoms with Gasteiger partial charge in [0.05, 0.1) is 6.10 Å². The molecule has 43 heavy (non-hydrogen) atoms. The fraction of sp³-hybridized carbons (Fsp3) is 0.282. The largest absolute Gasteiger partial charge is 0.473 e. The van der Waals surface area contributed by atoms with Crippen molar-refractivity contribution in [1.29, 1.82) is 0 Å². The highest BCUT2D eigenvalue weighted by Crippen LogP contribution is 2.38. The van der Waals surface area contributed by atoms with Crippen molar-refractivity contribution in [3.63, 3.8) is 0 Å². The molecule has 2 heterocycles. The highest BCUT2D eigenvalue weighted by Gasteiger charge is 2.36. The first kappa shape index (κ1) is 28.8. The Hall–Kier alpha value is -4.28. The van der Waals surface area contributed by atoms with Crippen LogP contribution in [0.15, 0.2) is 140 Å². The predicted octanol–water partition coefficient (Wildman–Crippen LogP) is 8.68. The van der Waals surface area contributed by atoms with Gasteiger partial charge in [0.2, 0.25) is 0 Å². The molecule has 4 nitrogen and oxygen atoms in total. The number of fused-ring (bicyclic) bond motifs is 2. The lowest BCUT2D eigenvalue weighted by atomic mass is 9.76. The number of anilines is 2. The zero-order chi connectivity index (χ0) is 29.1. The Balaban J connectivity index is 0.000000281. The van der Waals surface area contributed by atoms with Crippen LogP contribution in [0.5, 0.6) is 5.75 Å². The minimum atomic E-state index is 0.428. The van der Waals surface area contributed by atoms with Gasteiger partial charge in [0, 0.05) is 35.9 Å². The maximum atomic E-state index is 6.28. The minimum Gasteiger partial charge on any atom is -0.473 e. The summed E-state index contributed by atoms with van der Waals surface area (Å²) >= 11 is 0. The fourth-order valence-corrected chi connectivity index (χ4v) is 6.47. The molecule has 3 unspecified atom stereocenters. The molecule has 7 rings (SSSR count). The SMILES string of the molecule is c1ccc(N2COc3ccc(CC4CCC5OCN(c6ccccc6)CC5C4)cc3C2)cc1.c1ccccccccc1. The van der Waals surface area contributed by atoms with Crippen LogP contribution in [0.3, 0.4) is 0 Å². The van der Waals surface area contributed by atoms with Gasteiger partial charge in [-0.3, -0.25) is 0 Å². The molecule has 1 saturated carbocycles.